The molecule has 1 aromatic rings. The highest BCUT2D eigenvalue weighted by Crippen LogP contribution is 1.96. The first-order chi connectivity index (χ1) is 5.46. The standard InChI is InChI=1S/C4H8N4O3S/c1-2-8-3(9)6-7-4(8)12(5,10)11/h2H2,1H3,(H,6,9)(H2,5,10,11). The molecule has 0 spiro atoms. The minimum atomic E-state index is -3.90. The van der Waals surface area contributed by atoms with Gasteiger partial charge in [0.1, 0.15) is 0 Å². The molecule has 7 nitrogen and oxygen atoms in total. The van der Waals surface area contributed by atoms with Gasteiger partial charge in [-0.2, -0.15) is 0 Å². The summed E-state index contributed by atoms with van der Waals surface area (Å²) >= 11 is 0. The minimum absolute atomic E-state index is 0.209. The highest BCUT2D eigenvalue weighted by molar-refractivity contribution is 7.89. The molecule has 0 radical (unpaired) electrons. The van der Waals surface area contributed by atoms with E-state index >= 15 is 0 Å². The molecule has 8 heteroatoms. The average molecular weight is 192 g/mol. The van der Waals surface area contributed by atoms with Gasteiger partial charge >= 0.3 is 5.69 Å². The van der Waals surface area contributed by atoms with Crippen molar-refractivity contribution in [2.45, 2.75) is 18.6 Å². The van der Waals surface area contributed by atoms with Gasteiger partial charge in [0.2, 0.25) is 0 Å². The zero-order chi connectivity index (χ0) is 9.35. The Labute approximate surface area is 68.3 Å². The van der Waals surface area contributed by atoms with Crippen LogP contribution in [0.5, 0.6) is 0 Å². The first-order valence-corrected chi connectivity index (χ1v) is 4.69. The number of nitrogens with two attached hydrogens (primary N) is 1. The highest BCUT2D eigenvalue weighted by Gasteiger charge is 2.17. The van der Waals surface area contributed by atoms with Crippen molar-refractivity contribution in [2.24, 2.45) is 5.14 Å². The van der Waals surface area contributed by atoms with Crippen LogP contribution in [0.1, 0.15) is 6.92 Å². The summed E-state index contributed by atoms with van der Waals surface area (Å²) in [6.45, 7) is 1.83. The van der Waals surface area contributed by atoms with E-state index in [0.717, 1.165) is 4.57 Å². The van der Waals surface area contributed by atoms with Gasteiger partial charge in [-0.15, -0.1) is 5.10 Å². The third-order valence-electron chi connectivity index (χ3n) is 1.29. The second-order valence-electron chi connectivity index (χ2n) is 2.10. The van der Waals surface area contributed by atoms with Gasteiger partial charge < -0.3 is 0 Å². The zero-order valence-electron chi connectivity index (χ0n) is 6.31. The smallest absolute Gasteiger partial charge is 0.265 e. The van der Waals surface area contributed by atoms with Crippen molar-refractivity contribution in [1.29, 1.82) is 0 Å². The molecule has 0 aliphatic carbocycles. The van der Waals surface area contributed by atoms with E-state index < -0.39 is 20.9 Å². The Morgan fingerprint density at radius 2 is 2.25 bits per heavy atom. The number of nitrogens with zero attached hydrogens (tertiary/aromatic N) is 2. The fourth-order valence-electron chi connectivity index (χ4n) is 0.799. The summed E-state index contributed by atoms with van der Waals surface area (Å²) in [5.41, 5.74) is -0.582. The quantitative estimate of drug-likeness (QED) is 0.578. The van der Waals surface area contributed by atoms with Crippen molar-refractivity contribution in [3.05, 3.63) is 10.5 Å². The van der Waals surface area contributed by atoms with Crippen LogP contribution >= 0.6 is 0 Å². The van der Waals surface area contributed by atoms with Crippen molar-refractivity contribution in [2.75, 3.05) is 0 Å². The zero-order valence-corrected chi connectivity index (χ0v) is 7.13. The Bertz CT molecular complexity index is 427. The van der Waals surface area contributed by atoms with Crippen molar-refractivity contribution in [1.82, 2.24) is 14.8 Å². The molecule has 0 amide bonds. The van der Waals surface area contributed by atoms with Crippen molar-refractivity contribution >= 4 is 10.0 Å². The molecule has 0 atom stereocenters. The lowest BCUT2D eigenvalue weighted by atomic mass is 10.7. The number of primary sulfonamides is 1. The predicted octanol–water partition coefficient (Wildman–Crippen LogP) is -1.76. The lowest BCUT2D eigenvalue weighted by Gasteiger charge is -1.97. The van der Waals surface area contributed by atoms with Crippen LogP contribution in [0.3, 0.4) is 0 Å². The summed E-state index contributed by atoms with van der Waals surface area (Å²) in [6.07, 6.45) is 0. The van der Waals surface area contributed by atoms with Crippen LogP contribution in [-0.4, -0.2) is 23.2 Å². The third kappa shape index (κ3) is 1.38. The third-order valence-corrected chi connectivity index (χ3v) is 2.11. The monoisotopic (exact) mass is 192 g/mol. The molecule has 0 fully saturated rings. The fourth-order valence-corrected chi connectivity index (χ4v) is 1.49. The number of rotatable bonds is 2. The number of nitrogens with one attached hydrogen (secondary N) is 1. The number of hydrogen-bond donors (Lipinski definition) is 2. The first kappa shape index (κ1) is 8.94. The molecule has 1 heterocycles. The van der Waals surface area contributed by atoms with E-state index in [2.05, 4.69) is 5.10 Å². The van der Waals surface area contributed by atoms with Crippen LogP contribution in [0.2, 0.25) is 0 Å². The van der Waals surface area contributed by atoms with Gasteiger partial charge in [-0.05, 0) is 6.92 Å². The van der Waals surface area contributed by atoms with E-state index in [4.69, 9.17) is 5.14 Å². The Balaban J connectivity index is 3.46. The van der Waals surface area contributed by atoms with Crippen molar-refractivity contribution < 1.29 is 8.42 Å². The summed E-state index contributed by atoms with van der Waals surface area (Å²) in [7, 11) is -3.90. The minimum Gasteiger partial charge on any atom is -0.265 e. The average Bonchev–Trinajstić information content (AvgIpc) is 2.29. The summed E-state index contributed by atoms with van der Waals surface area (Å²) in [6, 6.07) is 0. The molecule has 0 aliphatic rings. The summed E-state index contributed by atoms with van der Waals surface area (Å²) in [5, 5.41) is 9.60. The lowest BCUT2D eigenvalue weighted by molar-refractivity contribution is 0.566. The second-order valence-corrected chi connectivity index (χ2v) is 3.56. The van der Waals surface area contributed by atoms with Gasteiger partial charge in [0.25, 0.3) is 15.2 Å². The van der Waals surface area contributed by atoms with E-state index in [1.165, 1.54) is 0 Å². The highest BCUT2D eigenvalue weighted by atomic mass is 32.2. The summed E-state index contributed by atoms with van der Waals surface area (Å²) < 4.78 is 22.5. The fraction of sp³-hybridized carbons (Fsp3) is 0.500. The van der Waals surface area contributed by atoms with E-state index in [1.807, 2.05) is 5.10 Å². The largest absolute Gasteiger partial charge is 0.344 e. The van der Waals surface area contributed by atoms with Crippen LogP contribution in [0.25, 0.3) is 0 Å². The van der Waals surface area contributed by atoms with E-state index in [-0.39, 0.29) is 6.54 Å². The van der Waals surface area contributed by atoms with E-state index in [0.29, 0.717) is 0 Å². The molecule has 12 heavy (non-hydrogen) atoms. The normalized spacial score (nSPS) is 11.8. The maximum absolute atomic E-state index is 10.8. The maximum atomic E-state index is 10.8. The van der Waals surface area contributed by atoms with Crippen LogP contribution in [0, 0.1) is 0 Å². The van der Waals surface area contributed by atoms with Gasteiger partial charge in [0.05, 0.1) is 0 Å². The Morgan fingerprint density at radius 3 is 2.58 bits per heavy atom. The molecule has 0 aromatic carbocycles. The molecular weight excluding hydrogens is 184 g/mol. The molecule has 0 aliphatic heterocycles. The van der Waals surface area contributed by atoms with Crippen LogP contribution in [-0.2, 0) is 16.6 Å². The van der Waals surface area contributed by atoms with Gasteiger partial charge in [-0.1, -0.05) is 0 Å². The number of sulfonamides is 1. The Hall–Kier alpha value is -1.15. The molecule has 68 valence electrons. The number of H-pyrrole nitrogens is 1. The van der Waals surface area contributed by atoms with Crippen LogP contribution < -0.4 is 10.8 Å². The maximum Gasteiger partial charge on any atom is 0.344 e. The Kier molecular flexibility index (Phi) is 2.02. The van der Waals surface area contributed by atoms with E-state index in [9.17, 15) is 13.2 Å². The van der Waals surface area contributed by atoms with E-state index in [1.54, 1.807) is 6.92 Å². The van der Waals surface area contributed by atoms with Gasteiger partial charge in [0.15, 0.2) is 0 Å². The molecule has 0 unspecified atom stereocenters. The number of aromatic nitrogens is 3. The van der Waals surface area contributed by atoms with Gasteiger partial charge in [0, 0.05) is 6.54 Å². The predicted molar refractivity (Wildman–Crippen MR) is 39.9 cm³/mol. The second kappa shape index (κ2) is 2.72. The number of aromatic amines is 1. The van der Waals surface area contributed by atoms with Gasteiger partial charge in [-0.3, -0.25) is 4.57 Å². The molecule has 1 rings (SSSR count). The summed E-state index contributed by atoms with van der Waals surface area (Å²) in [4.78, 5) is 10.8. The van der Waals surface area contributed by atoms with Crippen molar-refractivity contribution in [3.8, 4) is 0 Å². The number of hydrogen-bond acceptors (Lipinski definition) is 4. The molecule has 0 saturated heterocycles. The summed E-state index contributed by atoms with van der Waals surface area (Å²) in [5.74, 6) is 0. The molecule has 0 bridgehead atoms. The topological polar surface area (TPSA) is 111 Å². The molecular formula is C4H8N4O3S. The van der Waals surface area contributed by atoms with Gasteiger partial charge in [-0.25, -0.2) is 23.4 Å². The van der Waals surface area contributed by atoms with Crippen LogP contribution in [0.4, 0.5) is 0 Å². The molecule has 0 saturated carbocycles. The first-order valence-electron chi connectivity index (χ1n) is 3.15. The molecule has 3 N–H and O–H groups in total. The van der Waals surface area contributed by atoms with Crippen molar-refractivity contribution in [3.63, 3.8) is 0 Å². The lowest BCUT2D eigenvalue weighted by Crippen LogP contribution is -2.23. The molecule has 1 aromatic heterocycles. The SMILES string of the molecule is CCn1c(S(N)(=O)=O)n[nH]c1=O. The van der Waals surface area contributed by atoms with Crippen LogP contribution in [0.15, 0.2) is 9.95 Å². The Morgan fingerprint density at radius 1 is 1.67 bits per heavy atom.